The number of imidazole rings is 1. The molecule has 0 spiro atoms. The molecular formula is C15H20ClN3. The number of aromatic nitrogens is 3. The summed E-state index contributed by atoms with van der Waals surface area (Å²) < 4.78 is 2.30. The van der Waals surface area contributed by atoms with E-state index in [9.17, 15) is 0 Å². The summed E-state index contributed by atoms with van der Waals surface area (Å²) in [5.74, 6) is 1.41. The van der Waals surface area contributed by atoms with Crippen LogP contribution >= 0.6 is 11.6 Å². The van der Waals surface area contributed by atoms with Crippen molar-refractivity contribution in [3.8, 4) is 0 Å². The summed E-state index contributed by atoms with van der Waals surface area (Å²) in [6.45, 7) is 4.37. The number of fused-ring (bicyclic) bond motifs is 1. The number of halogens is 1. The van der Waals surface area contributed by atoms with Crippen molar-refractivity contribution < 1.29 is 0 Å². The van der Waals surface area contributed by atoms with Gasteiger partial charge in [0.05, 0.1) is 5.88 Å². The molecule has 0 radical (unpaired) electrons. The van der Waals surface area contributed by atoms with E-state index >= 15 is 0 Å². The summed E-state index contributed by atoms with van der Waals surface area (Å²) in [6, 6.07) is 2.10. The van der Waals surface area contributed by atoms with Gasteiger partial charge in [-0.25, -0.2) is 9.97 Å². The first-order chi connectivity index (χ1) is 9.14. The van der Waals surface area contributed by atoms with Crippen LogP contribution in [0.15, 0.2) is 12.3 Å². The van der Waals surface area contributed by atoms with Crippen LogP contribution in [0.5, 0.6) is 0 Å². The first-order valence-corrected chi connectivity index (χ1v) is 7.58. The Morgan fingerprint density at radius 3 is 2.74 bits per heavy atom. The molecule has 3 rings (SSSR count). The van der Waals surface area contributed by atoms with Gasteiger partial charge in [-0.05, 0) is 38.3 Å². The Bertz CT molecular complexity index is 597. The molecule has 1 aliphatic carbocycles. The van der Waals surface area contributed by atoms with Gasteiger partial charge < -0.3 is 4.57 Å². The molecule has 102 valence electrons. The monoisotopic (exact) mass is 277 g/mol. The number of pyridine rings is 1. The minimum atomic E-state index is 0.124. The average molecular weight is 278 g/mol. The number of hydrogen-bond acceptors (Lipinski definition) is 2. The van der Waals surface area contributed by atoms with Crippen molar-refractivity contribution in [3.05, 3.63) is 23.7 Å². The largest absolute Gasteiger partial charge is 0.306 e. The molecule has 0 bridgehead atoms. The Kier molecular flexibility index (Phi) is 3.25. The molecule has 0 aromatic carbocycles. The normalized spacial score (nSPS) is 18.9. The van der Waals surface area contributed by atoms with Gasteiger partial charge in [-0.15, -0.1) is 11.6 Å². The summed E-state index contributed by atoms with van der Waals surface area (Å²) in [5, 5.41) is 0. The average Bonchev–Trinajstić information content (AvgIpc) is 2.77. The van der Waals surface area contributed by atoms with Crippen molar-refractivity contribution in [2.24, 2.45) is 0 Å². The standard InChI is InChI=1S/C15H20ClN3/c1-11-8-12-14(17-10-11)19(13(9-16)18-12)15(2)6-4-3-5-7-15/h8,10H,3-7,9H2,1-2H3. The molecule has 19 heavy (non-hydrogen) atoms. The minimum Gasteiger partial charge on any atom is -0.306 e. The molecule has 3 nitrogen and oxygen atoms in total. The Morgan fingerprint density at radius 2 is 2.05 bits per heavy atom. The Morgan fingerprint density at radius 1 is 1.32 bits per heavy atom. The van der Waals surface area contributed by atoms with Crippen LogP contribution in [-0.2, 0) is 11.4 Å². The third kappa shape index (κ3) is 2.14. The van der Waals surface area contributed by atoms with Gasteiger partial charge in [0, 0.05) is 11.7 Å². The number of nitrogens with zero attached hydrogens (tertiary/aromatic N) is 3. The molecule has 0 N–H and O–H groups in total. The number of aryl methyl sites for hydroxylation is 1. The van der Waals surface area contributed by atoms with Gasteiger partial charge in [0.25, 0.3) is 0 Å². The quantitative estimate of drug-likeness (QED) is 0.772. The van der Waals surface area contributed by atoms with Crippen molar-refractivity contribution in [1.82, 2.24) is 14.5 Å². The second-order valence-electron chi connectivity index (χ2n) is 5.91. The zero-order chi connectivity index (χ0) is 13.5. The molecule has 1 fully saturated rings. The maximum absolute atomic E-state index is 6.11. The topological polar surface area (TPSA) is 30.7 Å². The van der Waals surface area contributed by atoms with Crippen molar-refractivity contribution in [2.75, 3.05) is 0 Å². The number of alkyl halides is 1. The summed E-state index contributed by atoms with van der Waals surface area (Å²) >= 11 is 6.11. The molecule has 1 aliphatic rings. The lowest BCUT2D eigenvalue weighted by atomic mass is 9.83. The van der Waals surface area contributed by atoms with Gasteiger partial charge >= 0.3 is 0 Å². The van der Waals surface area contributed by atoms with E-state index in [4.69, 9.17) is 11.6 Å². The fourth-order valence-electron chi connectivity index (χ4n) is 3.31. The molecule has 1 saturated carbocycles. The highest BCUT2D eigenvalue weighted by atomic mass is 35.5. The molecule has 0 unspecified atom stereocenters. The second kappa shape index (κ2) is 4.78. The first-order valence-electron chi connectivity index (χ1n) is 7.04. The molecule has 0 saturated heterocycles. The lowest BCUT2D eigenvalue weighted by molar-refractivity contribution is 0.219. The van der Waals surface area contributed by atoms with Crippen LogP contribution in [0.2, 0.25) is 0 Å². The van der Waals surface area contributed by atoms with Crippen LogP contribution in [0.1, 0.15) is 50.4 Å². The van der Waals surface area contributed by atoms with Crippen molar-refractivity contribution >= 4 is 22.8 Å². The third-order valence-electron chi connectivity index (χ3n) is 4.29. The first kappa shape index (κ1) is 12.9. The van der Waals surface area contributed by atoms with Gasteiger partial charge in [-0.2, -0.15) is 0 Å². The van der Waals surface area contributed by atoms with E-state index in [-0.39, 0.29) is 5.54 Å². The summed E-state index contributed by atoms with van der Waals surface area (Å²) in [5.41, 5.74) is 3.24. The molecular weight excluding hydrogens is 258 g/mol. The lowest BCUT2D eigenvalue weighted by Crippen LogP contribution is -2.33. The molecule has 0 atom stereocenters. The molecule has 0 aliphatic heterocycles. The maximum atomic E-state index is 6.11. The van der Waals surface area contributed by atoms with Crippen LogP contribution in [0.25, 0.3) is 11.2 Å². The van der Waals surface area contributed by atoms with Gasteiger partial charge in [-0.1, -0.05) is 19.3 Å². The van der Waals surface area contributed by atoms with Gasteiger partial charge in [0.1, 0.15) is 11.3 Å². The predicted octanol–water partition coefficient (Wildman–Crippen LogP) is 4.16. The van der Waals surface area contributed by atoms with Gasteiger partial charge in [0.2, 0.25) is 0 Å². The Labute approximate surface area is 119 Å². The Hall–Kier alpha value is -1.09. The number of rotatable bonds is 2. The van der Waals surface area contributed by atoms with Crippen LogP contribution < -0.4 is 0 Å². The van der Waals surface area contributed by atoms with E-state index in [1.54, 1.807) is 0 Å². The summed E-state index contributed by atoms with van der Waals surface area (Å²) in [6.07, 6.45) is 8.21. The highest BCUT2D eigenvalue weighted by molar-refractivity contribution is 6.16. The minimum absolute atomic E-state index is 0.124. The van der Waals surface area contributed by atoms with Crippen LogP contribution in [0.4, 0.5) is 0 Å². The van der Waals surface area contributed by atoms with Gasteiger partial charge in [-0.3, -0.25) is 0 Å². The van der Waals surface area contributed by atoms with Gasteiger partial charge in [0.15, 0.2) is 5.65 Å². The van der Waals surface area contributed by atoms with Crippen molar-refractivity contribution in [1.29, 1.82) is 0 Å². The lowest BCUT2D eigenvalue weighted by Gasteiger charge is -2.36. The highest BCUT2D eigenvalue weighted by Gasteiger charge is 2.32. The SMILES string of the molecule is Cc1cnc2c(c1)nc(CCl)n2C1(C)CCCCC1. The van der Waals surface area contributed by atoms with E-state index in [0.717, 1.165) is 22.6 Å². The fraction of sp³-hybridized carbons (Fsp3) is 0.600. The number of hydrogen-bond donors (Lipinski definition) is 0. The zero-order valence-electron chi connectivity index (χ0n) is 11.6. The second-order valence-corrected chi connectivity index (χ2v) is 6.18. The third-order valence-corrected chi connectivity index (χ3v) is 4.53. The molecule has 4 heteroatoms. The van der Waals surface area contributed by atoms with E-state index < -0.39 is 0 Å². The highest BCUT2D eigenvalue weighted by Crippen LogP contribution is 2.37. The molecule has 0 amide bonds. The maximum Gasteiger partial charge on any atom is 0.160 e. The fourth-order valence-corrected chi connectivity index (χ4v) is 3.49. The van der Waals surface area contributed by atoms with E-state index in [2.05, 4.69) is 27.5 Å². The summed E-state index contributed by atoms with van der Waals surface area (Å²) in [4.78, 5) is 9.29. The zero-order valence-corrected chi connectivity index (χ0v) is 12.4. The van der Waals surface area contributed by atoms with E-state index in [0.29, 0.717) is 5.88 Å². The molecule has 2 aromatic heterocycles. The predicted molar refractivity (Wildman–Crippen MR) is 78.6 cm³/mol. The van der Waals surface area contributed by atoms with Crippen LogP contribution in [-0.4, -0.2) is 14.5 Å². The smallest absolute Gasteiger partial charge is 0.160 e. The van der Waals surface area contributed by atoms with Crippen molar-refractivity contribution in [2.45, 2.75) is 57.4 Å². The van der Waals surface area contributed by atoms with E-state index in [1.807, 2.05) is 13.1 Å². The van der Waals surface area contributed by atoms with Crippen molar-refractivity contribution in [3.63, 3.8) is 0 Å². The van der Waals surface area contributed by atoms with E-state index in [1.165, 1.54) is 32.1 Å². The molecule has 2 aromatic rings. The molecule has 2 heterocycles. The van der Waals surface area contributed by atoms with Crippen LogP contribution in [0, 0.1) is 6.92 Å². The Balaban J connectivity index is 2.20. The summed E-state index contributed by atoms with van der Waals surface area (Å²) in [7, 11) is 0. The van der Waals surface area contributed by atoms with Crippen LogP contribution in [0.3, 0.4) is 0 Å².